The molecule has 0 saturated heterocycles. The predicted octanol–water partition coefficient (Wildman–Crippen LogP) is 1.24. The summed E-state index contributed by atoms with van der Waals surface area (Å²) in [4.78, 5) is 33.0. The van der Waals surface area contributed by atoms with Gasteiger partial charge >= 0.3 is 5.97 Å². The third-order valence-corrected chi connectivity index (χ3v) is 2.69. The Labute approximate surface area is 97.6 Å². The van der Waals surface area contributed by atoms with Gasteiger partial charge in [-0.3, -0.25) is 9.59 Å². The van der Waals surface area contributed by atoms with Gasteiger partial charge in [-0.2, -0.15) is 0 Å². The Morgan fingerprint density at radius 3 is 2.71 bits per heavy atom. The molecule has 0 aromatic heterocycles. The number of Topliss-reactive ketones (excluding diaryl/α,β-unsaturated/α-hetero) is 2. The maximum atomic E-state index is 11.7. The lowest BCUT2D eigenvalue weighted by Crippen LogP contribution is -2.11. The molecule has 0 heterocycles. The van der Waals surface area contributed by atoms with Crippen LogP contribution in [-0.2, 0) is 20.8 Å². The fraction of sp³-hybridized carbons (Fsp3) is 0.154. The van der Waals surface area contributed by atoms with E-state index >= 15 is 0 Å². The van der Waals surface area contributed by atoms with Gasteiger partial charge < -0.3 is 5.11 Å². The third-order valence-electron chi connectivity index (χ3n) is 2.69. The van der Waals surface area contributed by atoms with Crippen molar-refractivity contribution in [3.05, 3.63) is 41.5 Å². The van der Waals surface area contributed by atoms with Gasteiger partial charge in [-0.1, -0.05) is 30.3 Å². The van der Waals surface area contributed by atoms with Crippen LogP contribution in [0.3, 0.4) is 0 Å². The van der Waals surface area contributed by atoms with Crippen molar-refractivity contribution in [2.45, 2.75) is 12.8 Å². The number of carbonyl (C=O) groups excluding carboxylic acids is 2. The first-order valence-electron chi connectivity index (χ1n) is 5.17. The monoisotopic (exact) mass is 230 g/mol. The Morgan fingerprint density at radius 2 is 2.00 bits per heavy atom. The summed E-state index contributed by atoms with van der Waals surface area (Å²) in [6.07, 6.45) is 1.48. The second-order valence-corrected chi connectivity index (χ2v) is 3.81. The van der Waals surface area contributed by atoms with E-state index in [1.807, 2.05) is 18.2 Å². The molecule has 2 rings (SSSR count). The van der Waals surface area contributed by atoms with Gasteiger partial charge in [0.1, 0.15) is 0 Å². The van der Waals surface area contributed by atoms with Crippen LogP contribution in [0.1, 0.15) is 17.5 Å². The molecule has 0 aliphatic heterocycles. The molecule has 1 aromatic rings. The molecule has 0 fully saturated rings. The van der Waals surface area contributed by atoms with Crippen LogP contribution in [0.25, 0.3) is 5.57 Å². The molecule has 1 aliphatic carbocycles. The second kappa shape index (κ2) is 4.33. The van der Waals surface area contributed by atoms with Gasteiger partial charge in [0.05, 0.1) is 0 Å². The summed E-state index contributed by atoms with van der Waals surface area (Å²) < 4.78 is 0. The van der Waals surface area contributed by atoms with Gasteiger partial charge in [-0.05, 0) is 11.1 Å². The summed E-state index contributed by atoms with van der Waals surface area (Å²) in [7, 11) is 0. The highest BCUT2D eigenvalue weighted by molar-refractivity contribution is 6.34. The van der Waals surface area contributed by atoms with Gasteiger partial charge in [-0.25, -0.2) is 4.79 Å². The molecule has 0 amide bonds. The van der Waals surface area contributed by atoms with Crippen molar-refractivity contribution in [1.82, 2.24) is 0 Å². The molecular formula is C13H10O4. The first kappa shape index (κ1) is 11.3. The minimum Gasteiger partial charge on any atom is -0.475 e. The number of rotatable bonds is 3. The van der Waals surface area contributed by atoms with Gasteiger partial charge in [0.2, 0.25) is 5.78 Å². The number of benzene rings is 1. The van der Waals surface area contributed by atoms with Gasteiger partial charge in [0.25, 0.3) is 0 Å². The minimum absolute atomic E-state index is 0.0654. The zero-order chi connectivity index (χ0) is 12.4. The Hall–Kier alpha value is -2.23. The summed E-state index contributed by atoms with van der Waals surface area (Å²) >= 11 is 0. The third kappa shape index (κ3) is 2.15. The first-order chi connectivity index (χ1) is 8.09. The highest BCUT2D eigenvalue weighted by Crippen LogP contribution is 2.29. The largest absolute Gasteiger partial charge is 0.475 e. The lowest BCUT2D eigenvalue weighted by atomic mass is 10.1. The molecule has 0 radical (unpaired) electrons. The molecule has 1 N–H and O–H groups in total. The SMILES string of the molecule is O=C(O)C(=O)CC=C1C(=O)Cc2ccccc21. The van der Waals surface area contributed by atoms with Gasteiger partial charge in [0.15, 0.2) is 5.78 Å². The highest BCUT2D eigenvalue weighted by atomic mass is 16.4. The van der Waals surface area contributed by atoms with Crippen LogP contribution in [0.4, 0.5) is 0 Å². The quantitative estimate of drug-likeness (QED) is 0.626. The molecule has 0 saturated carbocycles. The molecule has 4 heteroatoms. The van der Waals surface area contributed by atoms with Crippen LogP contribution in [0, 0.1) is 0 Å². The number of hydrogen-bond acceptors (Lipinski definition) is 3. The molecule has 1 aromatic carbocycles. The van der Waals surface area contributed by atoms with E-state index in [1.165, 1.54) is 6.08 Å². The zero-order valence-corrected chi connectivity index (χ0v) is 8.97. The summed E-state index contributed by atoms with van der Waals surface area (Å²) in [5.74, 6) is -2.44. The Bertz CT molecular complexity index is 540. The molecule has 0 spiro atoms. The molecule has 86 valence electrons. The van der Waals surface area contributed by atoms with Crippen molar-refractivity contribution in [3.8, 4) is 0 Å². The second-order valence-electron chi connectivity index (χ2n) is 3.81. The van der Waals surface area contributed by atoms with Gasteiger partial charge in [0, 0.05) is 18.4 Å². The summed E-state index contributed by atoms with van der Waals surface area (Å²) in [5, 5.41) is 8.45. The highest BCUT2D eigenvalue weighted by Gasteiger charge is 2.24. The van der Waals surface area contributed by atoms with Crippen LogP contribution in [-0.4, -0.2) is 22.6 Å². The number of aliphatic carboxylic acids is 1. The molecule has 0 atom stereocenters. The average Bonchev–Trinajstić information content (AvgIpc) is 2.61. The van der Waals surface area contributed by atoms with E-state index in [0.29, 0.717) is 12.0 Å². The number of allylic oxidation sites excluding steroid dienone is 2. The van der Waals surface area contributed by atoms with E-state index < -0.39 is 11.8 Å². The van der Waals surface area contributed by atoms with Crippen molar-refractivity contribution >= 4 is 23.1 Å². The van der Waals surface area contributed by atoms with Crippen molar-refractivity contribution in [3.63, 3.8) is 0 Å². The van der Waals surface area contributed by atoms with Crippen molar-refractivity contribution in [1.29, 1.82) is 0 Å². The van der Waals surface area contributed by atoms with E-state index in [9.17, 15) is 14.4 Å². The lowest BCUT2D eigenvalue weighted by molar-refractivity contribution is -0.148. The Balaban J connectivity index is 2.28. The van der Waals surface area contributed by atoms with E-state index in [1.54, 1.807) is 6.07 Å². The summed E-state index contributed by atoms with van der Waals surface area (Å²) in [5.41, 5.74) is 2.18. The van der Waals surface area contributed by atoms with Crippen molar-refractivity contribution < 1.29 is 19.5 Å². The van der Waals surface area contributed by atoms with Gasteiger partial charge in [-0.15, -0.1) is 0 Å². The topological polar surface area (TPSA) is 71.4 Å². The van der Waals surface area contributed by atoms with Crippen LogP contribution >= 0.6 is 0 Å². The van der Waals surface area contributed by atoms with E-state index in [-0.39, 0.29) is 12.2 Å². The number of carboxylic acid groups (broad SMARTS) is 1. The number of fused-ring (bicyclic) bond motifs is 1. The van der Waals surface area contributed by atoms with Crippen molar-refractivity contribution in [2.75, 3.05) is 0 Å². The predicted molar refractivity (Wildman–Crippen MR) is 60.4 cm³/mol. The standard InChI is InChI=1S/C13H10O4/c14-11(13(16)17)6-5-10-9-4-2-1-3-8(9)7-12(10)15/h1-5H,6-7H2,(H,16,17). The molecule has 0 bridgehead atoms. The fourth-order valence-corrected chi connectivity index (χ4v) is 1.86. The number of ketones is 2. The number of carbonyl (C=O) groups is 3. The first-order valence-corrected chi connectivity index (χ1v) is 5.17. The molecule has 17 heavy (non-hydrogen) atoms. The number of carboxylic acids is 1. The van der Waals surface area contributed by atoms with Crippen LogP contribution in [0.15, 0.2) is 30.3 Å². The minimum atomic E-state index is -1.47. The lowest BCUT2D eigenvalue weighted by Gasteiger charge is -1.98. The maximum absolute atomic E-state index is 11.7. The van der Waals surface area contributed by atoms with Crippen LogP contribution < -0.4 is 0 Å². The van der Waals surface area contributed by atoms with Crippen LogP contribution in [0.2, 0.25) is 0 Å². The number of hydrogen-bond donors (Lipinski definition) is 1. The Kier molecular flexibility index (Phi) is 2.87. The van der Waals surface area contributed by atoms with Crippen molar-refractivity contribution in [2.24, 2.45) is 0 Å². The molecule has 1 aliphatic rings. The summed E-state index contributed by atoms with van der Waals surface area (Å²) in [6, 6.07) is 7.31. The summed E-state index contributed by atoms with van der Waals surface area (Å²) in [6.45, 7) is 0. The fourth-order valence-electron chi connectivity index (χ4n) is 1.86. The maximum Gasteiger partial charge on any atom is 0.372 e. The average molecular weight is 230 g/mol. The van der Waals surface area contributed by atoms with E-state index in [0.717, 1.165) is 11.1 Å². The molecule has 0 unspecified atom stereocenters. The van der Waals surface area contributed by atoms with Crippen LogP contribution in [0.5, 0.6) is 0 Å². The Morgan fingerprint density at radius 1 is 1.29 bits per heavy atom. The van der Waals surface area contributed by atoms with E-state index in [2.05, 4.69) is 0 Å². The molecular weight excluding hydrogens is 220 g/mol. The zero-order valence-electron chi connectivity index (χ0n) is 8.97. The normalized spacial score (nSPS) is 16.0. The smallest absolute Gasteiger partial charge is 0.372 e. The van der Waals surface area contributed by atoms with E-state index in [4.69, 9.17) is 5.11 Å². The molecule has 4 nitrogen and oxygen atoms in total.